The van der Waals surface area contributed by atoms with Crippen LogP contribution in [0, 0.1) is 0 Å². The van der Waals surface area contributed by atoms with Crippen molar-refractivity contribution in [1.29, 1.82) is 0 Å². The van der Waals surface area contributed by atoms with Gasteiger partial charge in [0.1, 0.15) is 0 Å². The summed E-state index contributed by atoms with van der Waals surface area (Å²) in [6, 6.07) is 7.27. The van der Waals surface area contributed by atoms with E-state index in [1.165, 1.54) is 6.08 Å². The van der Waals surface area contributed by atoms with Gasteiger partial charge in [0.2, 0.25) is 0 Å². The zero-order valence-electron chi connectivity index (χ0n) is 12.0. The van der Waals surface area contributed by atoms with Gasteiger partial charge in [0, 0.05) is 18.2 Å². The average molecular weight is 290 g/mol. The van der Waals surface area contributed by atoms with Gasteiger partial charge < -0.3 is 10.6 Å². The highest BCUT2D eigenvalue weighted by Gasteiger charge is 2.23. The molecule has 5 heteroatoms. The molecule has 0 saturated heterocycles. The minimum absolute atomic E-state index is 0.109. The number of allylic oxidation sites excluding steroid dienone is 1. The van der Waals surface area contributed by atoms with Crippen molar-refractivity contribution in [3.63, 3.8) is 0 Å². The zero-order chi connectivity index (χ0) is 15.2. The van der Waals surface area contributed by atoms with Gasteiger partial charge in [-0.1, -0.05) is 19.1 Å². The van der Waals surface area contributed by atoms with Crippen molar-refractivity contribution in [3.05, 3.63) is 47.3 Å². The van der Waals surface area contributed by atoms with Crippen LogP contribution in [0.3, 0.4) is 0 Å². The first-order valence-corrected chi connectivity index (χ1v) is 7.13. The summed E-state index contributed by atoms with van der Waals surface area (Å²) in [5, 5.41) is 5.39. The molecule has 1 aromatic carbocycles. The lowest BCUT2D eigenvalue weighted by Gasteiger charge is -2.07. The minimum Gasteiger partial charge on any atom is -0.349 e. The largest absolute Gasteiger partial charge is 0.349 e. The Morgan fingerprint density at radius 1 is 1.38 bits per heavy atom. The summed E-state index contributed by atoms with van der Waals surface area (Å²) in [4.78, 5) is 23.4. The molecule has 112 valence electrons. The molecule has 21 heavy (non-hydrogen) atoms. The monoisotopic (exact) mass is 290 g/mol. The topological polar surface area (TPSA) is 58.2 Å². The lowest BCUT2D eigenvalue weighted by molar-refractivity contribution is -0.119. The molecule has 0 aliphatic heterocycles. The predicted octanol–water partition coefficient (Wildman–Crippen LogP) is 2.46. The summed E-state index contributed by atoms with van der Waals surface area (Å²) in [6.07, 6.45) is 3.76. The van der Waals surface area contributed by atoms with E-state index in [1.54, 1.807) is 31.2 Å². The molecule has 0 atom stereocenters. The fourth-order valence-corrected chi connectivity index (χ4v) is 1.86. The van der Waals surface area contributed by atoms with Gasteiger partial charge in [-0.25, -0.2) is 4.39 Å². The Morgan fingerprint density at radius 2 is 2.14 bits per heavy atom. The van der Waals surface area contributed by atoms with Crippen LogP contribution < -0.4 is 10.6 Å². The van der Waals surface area contributed by atoms with Crippen LogP contribution in [0.15, 0.2) is 36.2 Å². The van der Waals surface area contributed by atoms with E-state index < -0.39 is 11.7 Å². The Hall–Kier alpha value is -2.17. The van der Waals surface area contributed by atoms with Crippen LogP contribution in [0.2, 0.25) is 0 Å². The van der Waals surface area contributed by atoms with Crippen molar-refractivity contribution in [2.75, 3.05) is 0 Å². The molecule has 0 unspecified atom stereocenters. The number of halogens is 1. The van der Waals surface area contributed by atoms with E-state index in [1.807, 2.05) is 0 Å². The summed E-state index contributed by atoms with van der Waals surface area (Å²) in [7, 11) is 0. The summed E-state index contributed by atoms with van der Waals surface area (Å²) in [5.74, 6) is -1.62. The van der Waals surface area contributed by atoms with Crippen molar-refractivity contribution in [1.82, 2.24) is 10.6 Å². The third kappa shape index (κ3) is 4.70. The fourth-order valence-electron chi connectivity index (χ4n) is 1.86. The van der Waals surface area contributed by atoms with Gasteiger partial charge in [0.05, 0.1) is 0 Å². The van der Waals surface area contributed by atoms with Gasteiger partial charge in [0.15, 0.2) is 5.83 Å². The maximum absolute atomic E-state index is 13.2. The lowest BCUT2D eigenvalue weighted by atomic mass is 10.1. The van der Waals surface area contributed by atoms with E-state index in [0.717, 1.165) is 18.4 Å². The highest BCUT2D eigenvalue weighted by Crippen LogP contribution is 2.19. The Morgan fingerprint density at radius 3 is 2.81 bits per heavy atom. The first-order valence-electron chi connectivity index (χ1n) is 7.13. The highest BCUT2D eigenvalue weighted by molar-refractivity contribution is 5.94. The molecular formula is C16H19FN2O2. The van der Waals surface area contributed by atoms with Crippen molar-refractivity contribution >= 4 is 11.8 Å². The molecule has 1 saturated carbocycles. The van der Waals surface area contributed by atoms with E-state index in [-0.39, 0.29) is 12.5 Å². The molecule has 2 N–H and O–H groups in total. The second kappa shape index (κ2) is 7.02. The SMILES string of the molecule is CC/C=C(\F)C(=O)NCc1cccc(C(=O)NC2CC2)c1. The first kappa shape index (κ1) is 15.2. The lowest BCUT2D eigenvalue weighted by Crippen LogP contribution is -2.26. The molecule has 1 aliphatic rings. The Balaban J connectivity index is 1.92. The fraction of sp³-hybridized carbons (Fsp3) is 0.375. The number of hydrogen-bond acceptors (Lipinski definition) is 2. The molecule has 2 rings (SSSR count). The first-order chi connectivity index (χ1) is 10.1. The van der Waals surface area contributed by atoms with Crippen LogP contribution in [0.1, 0.15) is 42.1 Å². The van der Waals surface area contributed by atoms with E-state index >= 15 is 0 Å². The Labute approximate surface area is 123 Å². The molecule has 1 fully saturated rings. The maximum Gasteiger partial charge on any atom is 0.279 e. The molecule has 0 aromatic heterocycles. The minimum atomic E-state index is -0.778. The van der Waals surface area contributed by atoms with Crippen molar-refractivity contribution in [2.45, 2.75) is 38.8 Å². The van der Waals surface area contributed by atoms with Gasteiger partial charge in [-0.05, 0) is 43.0 Å². The quantitative estimate of drug-likeness (QED) is 0.791. The standard InChI is InChI=1S/C16H19FN2O2/c1-2-4-14(17)16(21)18-10-11-5-3-6-12(9-11)15(20)19-13-7-8-13/h3-6,9,13H,2,7-8,10H2,1H3,(H,18,21)(H,19,20)/b14-4-. The molecule has 2 amide bonds. The smallest absolute Gasteiger partial charge is 0.279 e. The molecule has 0 spiro atoms. The zero-order valence-corrected chi connectivity index (χ0v) is 12.0. The summed E-state index contributed by atoms with van der Waals surface area (Å²) in [5.41, 5.74) is 1.31. The number of hydrogen-bond donors (Lipinski definition) is 2. The third-order valence-corrected chi connectivity index (χ3v) is 3.16. The summed E-state index contributed by atoms with van der Waals surface area (Å²) < 4.78 is 13.2. The third-order valence-electron chi connectivity index (χ3n) is 3.16. The molecule has 4 nitrogen and oxygen atoms in total. The number of benzene rings is 1. The van der Waals surface area contributed by atoms with Crippen LogP contribution in [0.25, 0.3) is 0 Å². The molecule has 1 aliphatic carbocycles. The van der Waals surface area contributed by atoms with E-state index in [2.05, 4.69) is 10.6 Å². The van der Waals surface area contributed by atoms with Gasteiger partial charge in [-0.2, -0.15) is 0 Å². The van der Waals surface area contributed by atoms with Crippen molar-refractivity contribution in [2.24, 2.45) is 0 Å². The van der Waals surface area contributed by atoms with Gasteiger partial charge in [0.25, 0.3) is 11.8 Å². The molecule has 0 heterocycles. The molecular weight excluding hydrogens is 271 g/mol. The molecule has 0 bridgehead atoms. The normalized spacial score (nSPS) is 14.7. The van der Waals surface area contributed by atoms with Gasteiger partial charge >= 0.3 is 0 Å². The number of carbonyl (C=O) groups is 2. The van der Waals surface area contributed by atoms with E-state index in [0.29, 0.717) is 18.0 Å². The van der Waals surface area contributed by atoms with Gasteiger partial charge in [-0.15, -0.1) is 0 Å². The predicted molar refractivity (Wildman–Crippen MR) is 78.3 cm³/mol. The van der Waals surface area contributed by atoms with Crippen LogP contribution in [0.4, 0.5) is 4.39 Å². The van der Waals surface area contributed by atoms with Crippen LogP contribution >= 0.6 is 0 Å². The number of rotatable bonds is 6. The van der Waals surface area contributed by atoms with Crippen molar-refractivity contribution in [3.8, 4) is 0 Å². The number of nitrogens with one attached hydrogen (secondary N) is 2. The van der Waals surface area contributed by atoms with Crippen LogP contribution in [0.5, 0.6) is 0 Å². The maximum atomic E-state index is 13.2. The van der Waals surface area contributed by atoms with E-state index in [4.69, 9.17) is 0 Å². The molecule has 1 aromatic rings. The van der Waals surface area contributed by atoms with Crippen LogP contribution in [-0.2, 0) is 11.3 Å². The van der Waals surface area contributed by atoms with E-state index in [9.17, 15) is 14.0 Å². The summed E-state index contributed by atoms with van der Waals surface area (Å²) in [6.45, 7) is 1.95. The Kier molecular flexibility index (Phi) is 5.09. The second-order valence-corrected chi connectivity index (χ2v) is 5.09. The Bertz CT molecular complexity index is 565. The van der Waals surface area contributed by atoms with Crippen molar-refractivity contribution < 1.29 is 14.0 Å². The van der Waals surface area contributed by atoms with Gasteiger partial charge in [-0.3, -0.25) is 9.59 Å². The summed E-state index contributed by atoms with van der Waals surface area (Å²) >= 11 is 0. The highest BCUT2D eigenvalue weighted by atomic mass is 19.1. The molecule has 0 radical (unpaired) electrons. The number of carbonyl (C=O) groups excluding carboxylic acids is 2. The second-order valence-electron chi connectivity index (χ2n) is 5.09. The average Bonchev–Trinajstić information content (AvgIpc) is 3.29. The number of amides is 2. The van der Waals surface area contributed by atoms with Crippen LogP contribution in [-0.4, -0.2) is 17.9 Å².